The van der Waals surface area contributed by atoms with Crippen LogP contribution in [0.1, 0.15) is 12.3 Å². The predicted molar refractivity (Wildman–Crippen MR) is 98.2 cm³/mol. The van der Waals surface area contributed by atoms with Gasteiger partial charge in [0.15, 0.2) is 0 Å². The fourth-order valence-electron chi connectivity index (χ4n) is 2.83. The molecule has 1 unspecified atom stereocenters. The van der Waals surface area contributed by atoms with Crippen molar-refractivity contribution in [2.24, 2.45) is 0 Å². The van der Waals surface area contributed by atoms with E-state index >= 15 is 0 Å². The molecule has 0 bridgehead atoms. The zero-order valence-corrected chi connectivity index (χ0v) is 16.2. The van der Waals surface area contributed by atoms with Crippen molar-refractivity contribution in [3.63, 3.8) is 0 Å². The summed E-state index contributed by atoms with van der Waals surface area (Å²) in [7, 11) is 0. The Labute approximate surface area is 170 Å². The van der Waals surface area contributed by atoms with Crippen LogP contribution in [0.5, 0.6) is 0 Å². The number of nitrogens with zero attached hydrogens (tertiary/aromatic N) is 5. The number of carbonyl (C=O) groups is 1. The van der Waals surface area contributed by atoms with Crippen molar-refractivity contribution in [3.8, 4) is 11.6 Å². The van der Waals surface area contributed by atoms with Crippen molar-refractivity contribution in [2.75, 3.05) is 32.7 Å². The average Bonchev–Trinajstić information content (AvgIpc) is 3.16. The molecular weight excluding hydrogens is 415 g/mol. The van der Waals surface area contributed by atoms with E-state index in [2.05, 4.69) is 30.7 Å². The van der Waals surface area contributed by atoms with Crippen molar-refractivity contribution in [1.82, 2.24) is 35.6 Å². The van der Waals surface area contributed by atoms with Crippen molar-refractivity contribution >= 4 is 18.3 Å². The van der Waals surface area contributed by atoms with Gasteiger partial charge in [0.1, 0.15) is 6.04 Å². The summed E-state index contributed by atoms with van der Waals surface area (Å²) in [5.41, 5.74) is 0. The van der Waals surface area contributed by atoms with E-state index in [-0.39, 0.29) is 55.9 Å². The molecule has 0 saturated carbocycles. The molecule has 2 aromatic heterocycles. The molecule has 160 valence electrons. The van der Waals surface area contributed by atoms with Crippen molar-refractivity contribution in [2.45, 2.75) is 25.1 Å². The predicted octanol–water partition coefficient (Wildman–Crippen LogP) is 0.833. The first-order chi connectivity index (χ1) is 13.4. The second kappa shape index (κ2) is 10.5. The molecule has 2 aromatic rings. The summed E-state index contributed by atoms with van der Waals surface area (Å²) in [6.07, 6.45) is -1.32. The van der Waals surface area contributed by atoms with Crippen molar-refractivity contribution < 1.29 is 22.5 Å². The fraction of sp³-hybridized carbons (Fsp3) is 0.562. The third kappa shape index (κ3) is 6.61. The SMILES string of the molecule is Cl.O=C(CCc1nc(-c2ncccn2)no1)NCC(N1CCNCC1)C(F)(F)F. The highest BCUT2D eigenvalue weighted by Crippen LogP contribution is 2.24. The minimum Gasteiger partial charge on any atom is -0.354 e. The minimum atomic E-state index is -4.41. The van der Waals surface area contributed by atoms with Gasteiger partial charge >= 0.3 is 6.18 Å². The molecular formula is C16H21ClF3N7O2. The number of aryl methyl sites for hydroxylation is 1. The monoisotopic (exact) mass is 435 g/mol. The van der Waals surface area contributed by atoms with Crippen LogP contribution in [-0.4, -0.2) is 75.9 Å². The normalized spacial score (nSPS) is 16.1. The van der Waals surface area contributed by atoms with Crippen LogP contribution in [0.2, 0.25) is 0 Å². The molecule has 1 aliphatic rings. The maximum Gasteiger partial charge on any atom is 0.405 e. The first kappa shape index (κ1) is 23.0. The number of hydrogen-bond donors (Lipinski definition) is 2. The van der Waals surface area contributed by atoms with Gasteiger partial charge in [-0.25, -0.2) is 9.97 Å². The molecule has 0 radical (unpaired) electrons. The van der Waals surface area contributed by atoms with Gasteiger partial charge in [0.05, 0.1) is 0 Å². The first-order valence-corrected chi connectivity index (χ1v) is 8.81. The number of halogens is 4. The van der Waals surface area contributed by atoms with Gasteiger partial charge in [0.25, 0.3) is 0 Å². The summed E-state index contributed by atoms with van der Waals surface area (Å²) in [6.45, 7) is 1.06. The molecule has 9 nitrogen and oxygen atoms in total. The molecule has 1 fully saturated rings. The number of rotatable bonds is 7. The summed E-state index contributed by atoms with van der Waals surface area (Å²) >= 11 is 0. The topological polar surface area (TPSA) is 109 Å². The van der Waals surface area contributed by atoms with Crippen LogP contribution in [0.3, 0.4) is 0 Å². The molecule has 1 aliphatic heterocycles. The third-order valence-corrected chi connectivity index (χ3v) is 4.26. The Morgan fingerprint density at radius 2 is 1.93 bits per heavy atom. The maximum absolute atomic E-state index is 13.3. The molecule has 0 spiro atoms. The standard InChI is InChI=1S/C16H20F3N7O2.ClH/c17-16(18,19)11(26-8-6-20-7-9-26)10-23-12(27)2-3-13-24-15(25-28-13)14-21-4-1-5-22-14;/h1,4-5,11,20H,2-3,6-10H2,(H,23,27);1H. The number of aromatic nitrogens is 4. The van der Waals surface area contributed by atoms with E-state index in [1.807, 2.05) is 0 Å². The zero-order valence-electron chi connectivity index (χ0n) is 15.4. The minimum absolute atomic E-state index is 0. The lowest BCUT2D eigenvalue weighted by atomic mass is 10.2. The third-order valence-electron chi connectivity index (χ3n) is 4.26. The van der Waals surface area contributed by atoms with E-state index in [0.717, 1.165) is 0 Å². The van der Waals surface area contributed by atoms with E-state index in [1.165, 1.54) is 17.3 Å². The molecule has 3 heterocycles. The number of hydrogen-bond acceptors (Lipinski definition) is 8. The van der Waals surface area contributed by atoms with Crippen LogP contribution in [0.4, 0.5) is 13.2 Å². The van der Waals surface area contributed by atoms with Crippen LogP contribution in [0.25, 0.3) is 11.6 Å². The van der Waals surface area contributed by atoms with Crippen LogP contribution >= 0.6 is 12.4 Å². The van der Waals surface area contributed by atoms with E-state index < -0.39 is 24.7 Å². The van der Waals surface area contributed by atoms with Crippen LogP contribution < -0.4 is 10.6 Å². The number of alkyl halides is 3. The quantitative estimate of drug-likeness (QED) is 0.658. The largest absolute Gasteiger partial charge is 0.405 e. The Morgan fingerprint density at radius 3 is 2.59 bits per heavy atom. The van der Waals surface area contributed by atoms with Crippen molar-refractivity contribution in [3.05, 3.63) is 24.4 Å². The summed E-state index contributed by atoms with van der Waals surface area (Å²) in [4.78, 5) is 25.4. The molecule has 0 aliphatic carbocycles. The van der Waals surface area contributed by atoms with Gasteiger partial charge < -0.3 is 15.2 Å². The zero-order chi connectivity index (χ0) is 20.0. The first-order valence-electron chi connectivity index (χ1n) is 8.81. The Hall–Kier alpha value is -2.31. The van der Waals surface area contributed by atoms with Crippen LogP contribution in [0.15, 0.2) is 23.0 Å². The molecule has 3 rings (SSSR count). The maximum atomic E-state index is 13.3. The summed E-state index contributed by atoms with van der Waals surface area (Å²) in [5, 5.41) is 9.10. The van der Waals surface area contributed by atoms with E-state index in [1.54, 1.807) is 6.07 Å². The highest BCUT2D eigenvalue weighted by molar-refractivity contribution is 5.85. The fourth-order valence-corrected chi connectivity index (χ4v) is 2.83. The Morgan fingerprint density at radius 1 is 1.24 bits per heavy atom. The van der Waals surface area contributed by atoms with E-state index in [4.69, 9.17) is 4.52 Å². The summed E-state index contributed by atoms with van der Waals surface area (Å²) < 4.78 is 45.0. The highest BCUT2D eigenvalue weighted by atomic mass is 35.5. The molecule has 29 heavy (non-hydrogen) atoms. The van der Waals surface area contributed by atoms with Crippen LogP contribution in [-0.2, 0) is 11.2 Å². The van der Waals surface area contributed by atoms with E-state index in [0.29, 0.717) is 13.1 Å². The lowest BCUT2D eigenvalue weighted by molar-refractivity contribution is -0.184. The molecule has 13 heteroatoms. The molecule has 1 saturated heterocycles. The lowest BCUT2D eigenvalue weighted by Crippen LogP contribution is -2.57. The van der Waals surface area contributed by atoms with E-state index in [9.17, 15) is 18.0 Å². The molecule has 0 aromatic carbocycles. The summed E-state index contributed by atoms with van der Waals surface area (Å²) in [6, 6.07) is -0.0625. The Balaban J connectivity index is 0.00000300. The highest BCUT2D eigenvalue weighted by Gasteiger charge is 2.43. The van der Waals surface area contributed by atoms with Gasteiger partial charge in [0.2, 0.25) is 23.4 Å². The molecule has 1 amide bonds. The van der Waals surface area contributed by atoms with Gasteiger partial charge in [-0.3, -0.25) is 9.69 Å². The lowest BCUT2D eigenvalue weighted by Gasteiger charge is -2.35. The average molecular weight is 436 g/mol. The second-order valence-electron chi connectivity index (χ2n) is 6.23. The smallest absolute Gasteiger partial charge is 0.354 e. The van der Waals surface area contributed by atoms with Gasteiger partial charge in [-0.2, -0.15) is 18.2 Å². The van der Waals surface area contributed by atoms with Gasteiger partial charge in [-0.15, -0.1) is 12.4 Å². The Kier molecular flexibility index (Phi) is 8.29. The second-order valence-corrected chi connectivity index (χ2v) is 6.23. The van der Waals surface area contributed by atoms with Gasteiger partial charge in [-0.05, 0) is 6.07 Å². The number of nitrogens with one attached hydrogen (secondary N) is 2. The number of amides is 1. The number of carbonyl (C=O) groups excluding carboxylic acids is 1. The Bertz CT molecular complexity index is 769. The summed E-state index contributed by atoms with van der Waals surface area (Å²) in [5.74, 6) is 0.144. The van der Waals surface area contributed by atoms with Gasteiger partial charge in [-0.1, -0.05) is 5.16 Å². The van der Waals surface area contributed by atoms with Crippen molar-refractivity contribution in [1.29, 1.82) is 0 Å². The van der Waals surface area contributed by atoms with Crippen LogP contribution in [0, 0.1) is 0 Å². The molecule has 1 atom stereocenters. The van der Waals surface area contributed by atoms with Gasteiger partial charge in [0, 0.05) is 58.0 Å². The molecule has 2 N–H and O–H groups in total. The number of piperazine rings is 1.